The Morgan fingerprint density at radius 1 is 1.50 bits per heavy atom. The summed E-state index contributed by atoms with van der Waals surface area (Å²) in [4.78, 5) is 11.1. The minimum Gasteiger partial charge on any atom is -0.502 e. The standard InChI is InChI=1S/C10H20N2O2/c1-3-6-11-9-10(13)12-7-5-8-14-4-2/h4,11H,2-3,5-9H2,1H3,(H,12,13). The molecule has 82 valence electrons. The number of hydrogen-bond donors (Lipinski definition) is 2. The number of carbonyl (C=O) groups is 1. The second kappa shape index (κ2) is 10.1. The average molecular weight is 200 g/mol. The van der Waals surface area contributed by atoms with Gasteiger partial charge in [0.1, 0.15) is 0 Å². The summed E-state index contributed by atoms with van der Waals surface area (Å²) in [6.45, 7) is 8.03. The fraction of sp³-hybridized carbons (Fsp3) is 0.700. The minimum absolute atomic E-state index is 0.0389. The summed E-state index contributed by atoms with van der Waals surface area (Å²) in [6, 6.07) is 0. The lowest BCUT2D eigenvalue weighted by molar-refractivity contribution is -0.120. The molecular formula is C10H20N2O2. The van der Waals surface area contributed by atoms with Crippen LogP contribution in [0.2, 0.25) is 0 Å². The summed E-state index contributed by atoms with van der Waals surface area (Å²) in [7, 11) is 0. The quantitative estimate of drug-likeness (QED) is 0.424. The lowest BCUT2D eigenvalue weighted by Gasteiger charge is -2.05. The van der Waals surface area contributed by atoms with Crippen LogP contribution in [0.1, 0.15) is 19.8 Å². The zero-order chi connectivity index (χ0) is 10.6. The van der Waals surface area contributed by atoms with Gasteiger partial charge in [-0.25, -0.2) is 0 Å². The Hall–Kier alpha value is -1.03. The molecule has 1 amide bonds. The Kier molecular flexibility index (Phi) is 9.31. The fourth-order valence-corrected chi connectivity index (χ4v) is 0.908. The van der Waals surface area contributed by atoms with E-state index in [1.54, 1.807) is 0 Å². The van der Waals surface area contributed by atoms with Crippen molar-refractivity contribution in [3.63, 3.8) is 0 Å². The highest BCUT2D eigenvalue weighted by atomic mass is 16.5. The predicted octanol–water partition coefficient (Wildman–Crippen LogP) is 0.652. The molecule has 0 rings (SSSR count). The van der Waals surface area contributed by atoms with Gasteiger partial charge in [-0.3, -0.25) is 4.79 Å². The molecule has 14 heavy (non-hydrogen) atoms. The lowest BCUT2D eigenvalue weighted by atomic mass is 10.4. The van der Waals surface area contributed by atoms with E-state index in [0.717, 1.165) is 19.4 Å². The van der Waals surface area contributed by atoms with Crippen LogP contribution in [0.4, 0.5) is 0 Å². The summed E-state index contributed by atoms with van der Waals surface area (Å²) in [5.74, 6) is 0.0389. The second-order valence-electron chi connectivity index (χ2n) is 2.92. The summed E-state index contributed by atoms with van der Waals surface area (Å²) in [5, 5.41) is 5.81. The molecule has 0 radical (unpaired) electrons. The van der Waals surface area contributed by atoms with E-state index in [1.165, 1.54) is 6.26 Å². The van der Waals surface area contributed by atoms with E-state index in [2.05, 4.69) is 24.1 Å². The van der Waals surface area contributed by atoms with E-state index in [0.29, 0.717) is 19.7 Å². The van der Waals surface area contributed by atoms with Gasteiger partial charge >= 0.3 is 0 Å². The molecule has 4 heteroatoms. The van der Waals surface area contributed by atoms with Crippen molar-refractivity contribution in [1.29, 1.82) is 0 Å². The summed E-state index contributed by atoms with van der Waals surface area (Å²) in [6.07, 6.45) is 3.26. The molecule has 0 fully saturated rings. The van der Waals surface area contributed by atoms with Crippen LogP contribution in [0.15, 0.2) is 12.8 Å². The highest BCUT2D eigenvalue weighted by Gasteiger charge is 1.97. The van der Waals surface area contributed by atoms with Gasteiger partial charge in [-0.05, 0) is 19.4 Å². The first-order valence-electron chi connectivity index (χ1n) is 5.01. The third-order valence-corrected chi connectivity index (χ3v) is 1.59. The Balaban J connectivity index is 3.14. The first-order chi connectivity index (χ1) is 6.81. The number of rotatable bonds is 9. The fourth-order valence-electron chi connectivity index (χ4n) is 0.908. The number of hydrogen-bond acceptors (Lipinski definition) is 3. The van der Waals surface area contributed by atoms with Crippen LogP contribution >= 0.6 is 0 Å². The molecule has 0 aromatic rings. The van der Waals surface area contributed by atoms with Gasteiger partial charge in [0.2, 0.25) is 5.91 Å². The Morgan fingerprint density at radius 2 is 2.29 bits per heavy atom. The second-order valence-corrected chi connectivity index (χ2v) is 2.92. The van der Waals surface area contributed by atoms with Crippen molar-refractivity contribution < 1.29 is 9.53 Å². The molecule has 0 aromatic heterocycles. The van der Waals surface area contributed by atoms with Crippen LogP contribution in [0, 0.1) is 0 Å². The smallest absolute Gasteiger partial charge is 0.233 e. The van der Waals surface area contributed by atoms with Gasteiger partial charge in [0.15, 0.2) is 0 Å². The molecule has 0 atom stereocenters. The van der Waals surface area contributed by atoms with Crippen LogP contribution in [0.3, 0.4) is 0 Å². The average Bonchev–Trinajstić information content (AvgIpc) is 2.18. The molecule has 0 aliphatic carbocycles. The zero-order valence-electron chi connectivity index (χ0n) is 8.84. The normalized spacial score (nSPS) is 9.50. The minimum atomic E-state index is 0.0389. The van der Waals surface area contributed by atoms with Gasteiger partial charge in [0.05, 0.1) is 19.4 Å². The molecule has 0 spiro atoms. The zero-order valence-corrected chi connectivity index (χ0v) is 8.84. The van der Waals surface area contributed by atoms with E-state index in [1.807, 2.05) is 0 Å². The first kappa shape index (κ1) is 13.0. The number of nitrogens with one attached hydrogen (secondary N) is 2. The molecule has 0 unspecified atom stereocenters. The molecule has 0 aliphatic rings. The Bertz CT molecular complexity index is 160. The number of ether oxygens (including phenoxy) is 1. The molecule has 2 N–H and O–H groups in total. The third-order valence-electron chi connectivity index (χ3n) is 1.59. The van der Waals surface area contributed by atoms with Gasteiger partial charge in [-0.1, -0.05) is 13.5 Å². The monoisotopic (exact) mass is 200 g/mol. The van der Waals surface area contributed by atoms with Crippen LogP contribution in [-0.4, -0.2) is 32.1 Å². The molecule has 0 aromatic carbocycles. The van der Waals surface area contributed by atoms with Crippen molar-refractivity contribution in [1.82, 2.24) is 10.6 Å². The van der Waals surface area contributed by atoms with E-state index >= 15 is 0 Å². The highest BCUT2D eigenvalue weighted by Crippen LogP contribution is 1.80. The van der Waals surface area contributed by atoms with Crippen molar-refractivity contribution >= 4 is 5.91 Å². The van der Waals surface area contributed by atoms with Crippen molar-refractivity contribution in [2.24, 2.45) is 0 Å². The Morgan fingerprint density at radius 3 is 2.93 bits per heavy atom. The van der Waals surface area contributed by atoms with E-state index < -0.39 is 0 Å². The van der Waals surface area contributed by atoms with Crippen LogP contribution < -0.4 is 10.6 Å². The van der Waals surface area contributed by atoms with Crippen molar-refractivity contribution in [3.05, 3.63) is 12.8 Å². The SMILES string of the molecule is C=COCCCNC(=O)CNCCC. The highest BCUT2D eigenvalue weighted by molar-refractivity contribution is 5.77. The Labute approximate surface area is 85.7 Å². The maximum Gasteiger partial charge on any atom is 0.233 e. The van der Waals surface area contributed by atoms with Gasteiger partial charge in [0.25, 0.3) is 0 Å². The van der Waals surface area contributed by atoms with Gasteiger partial charge in [0, 0.05) is 6.54 Å². The first-order valence-corrected chi connectivity index (χ1v) is 5.01. The lowest BCUT2D eigenvalue weighted by Crippen LogP contribution is -2.34. The molecule has 0 saturated heterocycles. The topological polar surface area (TPSA) is 50.4 Å². The van der Waals surface area contributed by atoms with E-state index in [-0.39, 0.29) is 5.91 Å². The van der Waals surface area contributed by atoms with Crippen molar-refractivity contribution in [3.8, 4) is 0 Å². The van der Waals surface area contributed by atoms with Crippen molar-refractivity contribution in [2.45, 2.75) is 19.8 Å². The molecule has 0 aliphatic heterocycles. The molecule has 4 nitrogen and oxygen atoms in total. The summed E-state index contributed by atoms with van der Waals surface area (Å²) < 4.78 is 4.91. The summed E-state index contributed by atoms with van der Waals surface area (Å²) in [5.41, 5.74) is 0. The van der Waals surface area contributed by atoms with Crippen LogP contribution in [0.5, 0.6) is 0 Å². The molecule has 0 heterocycles. The third kappa shape index (κ3) is 9.06. The molecule has 0 saturated carbocycles. The van der Waals surface area contributed by atoms with Crippen LogP contribution in [-0.2, 0) is 9.53 Å². The largest absolute Gasteiger partial charge is 0.502 e. The van der Waals surface area contributed by atoms with Gasteiger partial charge < -0.3 is 15.4 Å². The van der Waals surface area contributed by atoms with E-state index in [4.69, 9.17) is 4.74 Å². The maximum absolute atomic E-state index is 11.1. The molecular weight excluding hydrogens is 180 g/mol. The predicted molar refractivity (Wildman–Crippen MR) is 56.9 cm³/mol. The maximum atomic E-state index is 11.1. The number of carbonyl (C=O) groups excluding carboxylic acids is 1. The number of amides is 1. The van der Waals surface area contributed by atoms with Gasteiger partial charge in [-0.15, -0.1) is 0 Å². The van der Waals surface area contributed by atoms with Crippen molar-refractivity contribution in [2.75, 3.05) is 26.2 Å². The van der Waals surface area contributed by atoms with Crippen LogP contribution in [0.25, 0.3) is 0 Å². The van der Waals surface area contributed by atoms with Gasteiger partial charge in [-0.2, -0.15) is 0 Å². The molecule has 0 bridgehead atoms. The summed E-state index contributed by atoms with van der Waals surface area (Å²) >= 11 is 0. The van der Waals surface area contributed by atoms with E-state index in [9.17, 15) is 4.79 Å².